The fraction of sp³-hybridized carbons (Fsp3) is 0.538. The number of aliphatic hydroxyl groups excluding tert-OH is 1. The Kier molecular flexibility index (Phi) is 4.54. The topological polar surface area (TPSA) is 32.3 Å². The largest absolute Gasteiger partial charge is 0.396 e. The molecule has 0 bridgehead atoms. The molecule has 2 N–H and O–H groups in total. The minimum Gasteiger partial charge on any atom is -0.396 e. The molecule has 1 aromatic rings. The average Bonchev–Trinajstić information content (AvgIpc) is 2.75. The van der Waals surface area contributed by atoms with Crippen molar-refractivity contribution in [3.8, 4) is 0 Å². The lowest BCUT2D eigenvalue weighted by molar-refractivity contribution is 0.205. The lowest BCUT2D eigenvalue weighted by Crippen LogP contribution is -2.33. The molecule has 1 saturated carbocycles. The predicted octanol–water partition coefficient (Wildman–Crippen LogP) is 2.84. The van der Waals surface area contributed by atoms with E-state index < -0.39 is 0 Å². The third kappa shape index (κ3) is 3.27. The molecule has 0 aliphatic heterocycles. The van der Waals surface area contributed by atoms with Crippen molar-refractivity contribution in [1.82, 2.24) is 5.32 Å². The van der Waals surface area contributed by atoms with Crippen molar-refractivity contribution in [2.75, 3.05) is 6.61 Å². The van der Waals surface area contributed by atoms with Crippen molar-refractivity contribution < 1.29 is 9.50 Å². The summed E-state index contributed by atoms with van der Waals surface area (Å²) < 4.78 is 13.7. The van der Waals surface area contributed by atoms with Gasteiger partial charge in [-0.1, -0.05) is 28.4 Å². The number of rotatable bonds is 4. The first-order valence-corrected chi connectivity index (χ1v) is 6.78. The van der Waals surface area contributed by atoms with Crippen molar-refractivity contribution in [1.29, 1.82) is 0 Å². The molecule has 4 heteroatoms. The number of nitrogens with one attached hydrogen (secondary N) is 1. The Morgan fingerprint density at radius 2 is 2.24 bits per heavy atom. The van der Waals surface area contributed by atoms with Crippen LogP contribution < -0.4 is 5.32 Å². The summed E-state index contributed by atoms with van der Waals surface area (Å²) in [7, 11) is 0. The summed E-state index contributed by atoms with van der Waals surface area (Å²) in [5, 5.41) is 12.7. The van der Waals surface area contributed by atoms with Gasteiger partial charge in [0.1, 0.15) is 5.82 Å². The Morgan fingerprint density at radius 1 is 1.41 bits per heavy atom. The highest BCUT2D eigenvalue weighted by atomic mass is 79.9. The van der Waals surface area contributed by atoms with Gasteiger partial charge in [0, 0.05) is 23.7 Å². The van der Waals surface area contributed by atoms with Crippen LogP contribution in [0.15, 0.2) is 22.7 Å². The predicted molar refractivity (Wildman–Crippen MR) is 69.2 cm³/mol. The van der Waals surface area contributed by atoms with Crippen molar-refractivity contribution in [3.63, 3.8) is 0 Å². The summed E-state index contributed by atoms with van der Waals surface area (Å²) in [4.78, 5) is 0. The summed E-state index contributed by atoms with van der Waals surface area (Å²) in [5.74, 6) is 0.143. The highest BCUT2D eigenvalue weighted by Gasteiger charge is 2.25. The Hall–Kier alpha value is -0.450. The van der Waals surface area contributed by atoms with Gasteiger partial charge in [-0.05, 0) is 36.5 Å². The molecular formula is C13H17BrFNO. The fourth-order valence-electron chi connectivity index (χ4n) is 2.43. The van der Waals surface area contributed by atoms with Crippen LogP contribution in [0.25, 0.3) is 0 Å². The molecule has 1 aliphatic carbocycles. The molecule has 0 heterocycles. The quantitative estimate of drug-likeness (QED) is 0.896. The van der Waals surface area contributed by atoms with Crippen LogP contribution in [0, 0.1) is 11.7 Å². The third-order valence-electron chi connectivity index (χ3n) is 3.46. The molecule has 0 amide bonds. The van der Waals surface area contributed by atoms with Gasteiger partial charge in [0.2, 0.25) is 0 Å². The van der Waals surface area contributed by atoms with Gasteiger partial charge < -0.3 is 10.4 Å². The first kappa shape index (κ1) is 13.0. The van der Waals surface area contributed by atoms with Crippen LogP contribution in [0.4, 0.5) is 4.39 Å². The molecule has 2 unspecified atom stereocenters. The zero-order valence-electron chi connectivity index (χ0n) is 9.63. The van der Waals surface area contributed by atoms with Crippen molar-refractivity contribution in [2.24, 2.45) is 5.92 Å². The first-order valence-electron chi connectivity index (χ1n) is 5.99. The van der Waals surface area contributed by atoms with Crippen LogP contribution in [0.5, 0.6) is 0 Å². The molecular weight excluding hydrogens is 285 g/mol. The van der Waals surface area contributed by atoms with Crippen LogP contribution in [-0.4, -0.2) is 17.8 Å². The Labute approximate surface area is 109 Å². The number of benzene rings is 1. The van der Waals surface area contributed by atoms with Gasteiger partial charge in [0.05, 0.1) is 0 Å². The summed E-state index contributed by atoms with van der Waals surface area (Å²) in [5.41, 5.74) is 1.05. The van der Waals surface area contributed by atoms with E-state index in [1.165, 1.54) is 18.6 Å². The second-order valence-corrected chi connectivity index (χ2v) is 5.45. The molecule has 0 radical (unpaired) electrons. The van der Waals surface area contributed by atoms with E-state index in [9.17, 15) is 9.50 Å². The second-order valence-electron chi connectivity index (χ2n) is 4.60. The van der Waals surface area contributed by atoms with Gasteiger partial charge in [-0.25, -0.2) is 4.39 Å². The monoisotopic (exact) mass is 301 g/mol. The van der Waals surface area contributed by atoms with E-state index in [0.29, 0.717) is 18.5 Å². The van der Waals surface area contributed by atoms with Crippen molar-refractivity contribution in [3.05, 3.63) is 34.1 Å². The Bertz CT molecular complexity index is 386. The van der Waals surface area contributed by atoms with Gasteiger partial charge in [-0.15, -0.1) is 0 Å². The SMILES string of the molecule is OCC1CCCC1NCc1ccc(F)cc1Br. The lowest BCUT2D eigenvalue weighted by Gasteiger charge is -2.19. The summed E-state index contributed by atoms with van der Waals surface area (Å²) in [6.07, 6.45) is 3.39. The molecule has 17 heavy (non-hydrogen) atoms. The van der Waals surface area contributed by atoms with Crippen LogP contribution >= 0.6 is 15.9 Å². The van der Waals surface area contributed by atoms with E-state index in [2.05, 4.69) is 21.2 Å². The molecule has 2 atom stereocenters. The molecule has 0 saturated heterocycles. The van der Waals surface area contributed by atoms with Crippen LogP contribution in [-0.2, 0) is 6.54 Å². The van der Waals surface area contributed by atoms with Gasteiger partial charge in [0.25, 0.3) is 0 Å². The second kappa shape index (κ2) is 5.94. The molecule has 1 aliphatic rings. The molecule has 1 fully saturated rings. The smallest absolute Gasteiger partial charge is 0.124 e. The third-order valence-corrected chi connectivity index (χ3v) is 4.20. The zero-order valence-corrected chi connectivity index (χ0v) is 11.2. The molecule has 2 nitrogen and oxygen atoms in total. The van der Waals surface area contributed by atoms with Crippen LogP contribution in [0.1, 0.15) is 24.8 Å². The van der Waals surface area contributed by atoms with E-state index in [4.69, 9.17) is 0 Å². The number of hydrogen-bond acceptors (Lipinski definition) is 2. The zero-order chi connectivity index (χ0) is 12.3. The average molecular weight is 302 g/mol. The van der Waals surface area contributed by atoms with E-state index in [1.54, 1.807) is 6.07 Å². The minimum atomic E-state index is -0.227. The summed E-state index contributed by atoms with van der Waals surface area (Å²) in [6, 6.07) is 5.13. The van der Waals surface area contributed by atoms with E-state index >= 15 is 0 Å². The Morgan fingerprint density at radius 3 is 2.94 bits per heavy atom. The molecule has 1 aromatic carbocycles. The van der Waals surface area contributed by atoms with Crippen LogP contribution in [0.2, 0.25) is 0 Å². The first-order chi connectivity index (χ1) is 8.20. The lowest BCUT2D eigenvalue weighted by atomic mass is 10.0. The van der Waals surface area contributed by atoms with Crippen LogP contribution in [0.3, 0.4) is 0 Å². The number of hydrogen-bond donors (Lipinski definition) is 2. The normalized spacial score (nSPS) is 24.2. The molecule has 2 rings (SSSR count). The van der Waals surface area contributed by atoms with Crippen molar-refractivity contribution >= 4 is 15.9 Å². The fourth-order valence-corrected chi connectivity index (χ4v) is 2.92. The summed E-state index contributed by atoms with van der Waals surface area (Å²) >= 11 is 3.36. The maximum absolute atomic E-state index is 12.9. The summed E-state index contributed by atoms with van der Waals surface area (Å²) in [6.45, 7) is 0.963. The molecule has 0 aromatic heterocycles. The maximum Gasteiger partial charge on any atom is 0.124 e. The van der Waals surface area contributed by atoms with Crippen molar-refractivity contribution in [2.45, 2.75) is 31.8 Å². The van der Waals surface area contributed by atoms with E-state index in [1.807, 2.05) is 0 Å². The standard InChI is InChI=1S/C13H17BrFNO/c14-12-6-11(15)5-4-9(12)7-16-13-3-1-2-10(13)8-17/h4-6,10,13,16-17H,1-3,7-8H2. The highest BCUT2D eigenvalue weighted by molar-refractivity contribution is 9.10. The van der Waals surface area contributed by atoms with Gasteiger partial charge in [-0.2, -0.15) is 0 Å². The number of halogens is 2. The van der Waals surface area contributed by atoms with Gasteiger partial charge in [-0.3, -0.25) is 0 Å². The Balaban J connectivity index is 1.93. The maximum atomic E-state index is 12.9. The molecule has 0 spiro atoms. The van der Waals surface area contributed by atoms with Gasteiger partial charge in [0.15, 0.2) is 0 Å². The van der Waals surface area contributed by atoms with E-state index in [-0.39, 0.29) is 12.4 Å². The molecule has 94 valence electrons. The van der Waals surface area contributed by atoms with Gasteiger partial charge >= 0.3 is 0 Å². The number of aliphatic hydroxyl groups is 1. The highest BCUT2D eigenvalue weighted by Crippen LogP contribution is 2.26. The van der Waals surface area contributed by atoms with E-state index in [0.717, 1.165) is 22.9 Å². The minimum absolute atomic E-state index is 0.227.